The molecule has 0 aromatic carbocycles. The summed E-state index contributed by atoms with van der Waals surface area (Å²) >= 11 is 0. The van der Waals surface area contributed by atoms with Gasteiger partial charge in [0.15, 0.2) is 18.9 Å². The Morgan fingerprint density at radius 3 is 1.81 bits per heavy atom. The third-order valence-electron chi connectivity index (χ3n) is 8.91. The third-order valence-corrected chi connectivity index (χ3v) is 8.91. The van der Waals surface area contributed by atoms with Crippen molar-refractivity contribution >= 4 is 17.8 Å². The number of nitrogens with one attached hydrogen (secondary N) is 2. The number of nitrogens with zero attached hydrogens (tertiary/aromatic N) is 1. The number of amides is 2. The van der Waals surface area contributed by atoms with Gasteiger partial charge in [-0.1, -0.05) is 78.1 Å². The van der Waals surface area contributed by atoms with Crippen LogP contribution in [0, 0.1) is 0 Å². The van der Waals surface area contributed by atoms with Crippen LogP contribution in [-0.4, -0.2) is 146 Å². The molecule has 0 aromatic rings. The average molecular weight is 747 g/mol. The lowest BCUT2D eigenvalue weighted by atomic mass is 9.97. The van der Waals surface area contributed by atoms with E-state index in [1.165, 1.54) is 6.42 Å². The van der Waals surface area contributed by atoms with Crippen LogP contribution >= 0.6 is 0 Å². The van der Waals surface area contributed by atoms with Crippen molar-refractivity contribution in [2.75, 3.05) is 54.0 Å². The number of quaternary nitrogens is 1. The van der Waals surface area contributed by atoms with Gasteiger partial charge < -0.3 is 59.2 Å². The van der Waals surface area contributed by atoms with Gasteiger partial charge in [-0.05, 0) is 31.8 Å². The van der Waals surface area contributed by atoms with E-state index in [0.29, 0.717) is 30.4 Å². The minimum atomic E-state index is -1.69. The Hall–Kier alpha value is -2.37. The maximum atomic E-state index is 13.4. The van der Waals surface area contributed by atoms with Gasteiger partial charge in [-0.3, -0.25) is 9.59 Å². The Morgan fingerprint density at radius 2 is 1.27 bits per heavy atom. The van der Waals surface area contributed by atoms with Crippen LogP contribution in [0.15, 0.2) is 11.8 Å². The van der Waals surface area contributed by atoms with E-state index in [-0.39, 0.29) is 19.1 Å². The molecular weight excluding hydrogens is 678 g/mol. The van der Waals surface area contributed by atoms with Crippen LogP contribution in [0.3, 0.4) is 0 Å². The summed E-state index contributed by atoms with van der Waals surface area (Å²) in [6.45, 7) is 5.96. The first-order valence-electron chi connectivity index (χ1n) is 19.3. The summed E-state index contributed by atoms with van der Waals surface area (Å²) in [5.74, 6) is -2.44. The molecule has 8 atom stereocenters. The van der Waals surface area contributed by atoms with Crippen molar-refractivity contribution in [3.8, 4) is 0 Å². The van der Waals surface area contributed by atoms with Crippen molar-refractivity contribution in [1.29, 1.82) is 0 Å². The second-order valence-electron chi connectivity index (χ2n) is 14.9. The van der Waals surface area contributed by atoms with Crippen LogP contribution in [0.1, 0.15) is 104 Å². The number of aliphatic hydroxyl groups excluding tert-OH is 3. The molecule has 0 aliphatic carbocycles. The van der Waals surface area contributed by atoms with Crippen LogP contribution in [-0.2, 0) is 38.1 Å². The van der Waals surface area contributed by atoms with Gasteiger partial charge in [-0.2, -0.15) is 0 Å². The summed E-state index contributed by atoms with van der Waals surface area (Å²) in [7, 11) is 6.00. The second kappa shape index (κ2) is 24.8. The average Bonchev–Trinajstić information content (AvgIpc) is 3.08. The van der Waals surface area contributed by atoms with Crippen molar-refractivity contribution < 1.29 is 63.0 Å². The van der Waals surface area contributed by atoms with Gasteiger partial charge >= 0.3 is 5.97 Å². The number of carbonyl (C=O) groups excluding carboxylic acids is 2. The Labute approximate surface area is 309 Å². The zero-order valence-corrected chi connectivity index (χ0v) is 32.1. The van der Waals surface area contributed by atoms with E-state index in [4.69, 9.17) is 23.7 Å². The highest BCUT2D eigenvalue weighted by Gasteiger charge is 2.51. The molecule has 2 amide bonds. The van der Waals surface area contributed by atoms with Crippen molar-refractivity contribution in [3.05, 3.63) is 11.8 Å². The number of likely N-dealkylation sites (N-methyl/N-ethyl adjacent to an activating group) is 1. The fourth-order valence-corrected chi connectivity index (χ4v) is 5.90. The first-order valence-corrected chi connectivity index (χ1v) is 19.3. The second-order valence-corrected chi connectivity index (χ2v) is 14.9. The van der Waals surface area contributed by atoms with Crippen LogP contribution in [0.2, 0.25) is 0 Å². The number of rotatable bonds is 27. The fraction of sp³-hybridized carbons (Fsp3) is 0.865. The monoisotopic (exact) mass is 746 g/mol. The molecule has 2 aliphatic rings. The van der Waals surface area contributed by atoms with E-state index in [1.54, 1.807) is 0 Å². The van der Waals surface area contributed by atoms with Gasteiger partial charge in [-0.25, -0.2) is 4.79 Å². The van der Waals surface area contributed by atoms with Crippen LogP contribution in [0.25, 0.3) is 0 Å². The van der Waals surface area contributed by atoms with Crippen molar-refractivity contribution in [3.63, 3.8) is 0 Å². The molecule has 2 heterocycles. The number of hydrogen-bond donors (Lipinski definition) is 6. The predicted molar refractivity (Wildman–Crippen MR) is 193 cm³/mol. The fourth-order valence-electron chi connectivity index (χ4n) is 5.90. The lowest BCUT2D eigenvalue weighted by Gasteiger charge is -2.44. The van der Waals surface area contributed by atoms with Crippen LogP contribution < -0.4 is 10.6 Å². The molecular formula is C37H68N3O12+. The minimum Gasteiger partial charge on any atom is -0.475 e. The van der Waals surface area contributed by atoms with Crippen molar-refractivity contribution in [2.24, 2.45) is 0 Å². The van der Waals surface area contributed by atoms with Crippen LogP contribution in [0.5, 0.6) is 0 Å². The first-order chi connectivity index (χ1) is 24.8. The highest BCUT2D eigenvalue weighted by atomic mass is 16.7. The number of carboxylic acids is 1. The van der Waals surface area contributed by atoms with E-state index < -0.39 is 66.8 Å². The van der Waals surface area contributed by atoms with Gasteiger partial charge in [0, 0.05) is 26.3 Å². The molecule has 2 aliphatic heterocycles. The first kappa shape index (κ1) is 45.8. The highest BCUT2D eigenvalue weighted by molar-refractivity contribution is 5.84. The van der Waals surface area contributed by atoms with Gasteiger partial charge in [-0.15, -0.1) is 0 Å². The van der Waals surface area contributed by atoms with Gasteiger partial charge in [0.2, 0.25) is 12.0 Å². The summed E-state index contributed by atoms with van der Waals surface area (Å²) in [5, 5.41) is 48.3. The predicted octanol–water partition coefficient (Wildman–Crippen LogP) is 2.35. The van der Waals surface area contributed by atoms with Gasteiger partial charge in [0.1, 0.15) is 30.5 Å². The van der Waals surface area contributed by atoms with Crippen LogP contribution in [0.4, 0.5) is 0 Å². The molecule has 2 rings (SSSR count). The molecule has 0 spiro atoms. The number of ether oxygens (including phenoxy) is 5. The number of carbonyl (C=O) groups is 3. The van der Waals surface area contributed by atoms with E-state index in [2.05, 4.69) is 10.6 Å². The summed E-state index contributed by atoms with van der Waals surface area (Å²) in [5.41, 5.74) is 0. The number of aliphatic hydroxyl groups is 3. The summed E-state index contributed by atoms with van der Waals surface area (Å²) < 4.78 is 29.1. The molecule has 0 saturated carbocycles. The molecule has 1 saturated heterocycles. The smallest absolute Gasteiger partial charge is 0.371 e. The Kier molecular flexibility index (Phi) is 21.9. The zero-order chi connectivity index (χ0) is 38.5. The quantitative estimate of drug-likeness (QED) is 0.0530. The number of hydrogen-bond acceptors (Lipinski definition) is 11. The third kappa shape index (κ3) is 17.2. The largest absolute Gasteiger partial charge is 0.475 e. The summed E-state index contributed by atoms with van der Waals surface area (Å²) in [6, 6.07) is 0. The van der Waals surface area contributed by atoms with Gasteiger partial charge in [0.25, 0.3) is 11.8 Å². The van der Waals surface area contributed by atoms with E-state index in [1.807, 2.05) is 35.0 Å². The van der Waals surface area contributed by atoms with Crippen molar-refractivity contribution in [1.82, 2.24) is 10.6 Å². The number of unbranched alkanes of at least 4 members (excludes halogenated alkanes) is 11. The lowest BCUT2D eigenvalue weighted by Crippen LogP contribution is -2.64. The standard InChI is InChI=1S/C37H67N3O12/c1-6-8-22-48-26-24-27(35(46)47)50-37(29(26)42)51-32-30(43)31(44)36(49-23-9-7-2)52-33(32)34(45)39-21-19-17-15-13-11-10-12-14-16-18-20-38-28(41)25-40(3,4)5/h24,26,29-33,36-37,42-44H,6-23,25H2,1-5H3,(H2-,38,39,41,45,46,47)/p+1/t26-,29+,30-,31+,32+,33+,36+,37+/m1/s1. The zero-order valence-electron chi connectivity index (χ0n) is 32.1. The van der Waals surface area contributed by atoms with Crippen molar-refractivity contribution in [2.45, 2.75) is 153 Å². The summed E-state index contributed by atoms with van der Waals surface area (Å²) in [4.78, 5) is 37.1. The summed E-state index contributed by atoms with van der Waals surface area (Å²) in [6.07, 6.45) is 2.79. The molecule has 52 heavy (non-hydrogen) atoms. The molecule has 0 radical (unpaired) electrons. The Balaban J connectivity index is 1.82. The van der Waals surface area contributed by atoms with E-state index >= 15 is 0 Å². The molecule has 0 unspecified atom stereocenters. The maximum absolute atomic E-state index is 13.4. The SMILES string of the molecule is CCCCO[C@H]1O[C@H](C(=O)NCCCCCCCCCCCCNC(=O)C[N+](C)(C)C)[C@@H](O[C@@H]2OC(C(=O)O)=C[C@@H](OCCCC)[C@@H]2O)[C@H](O)[C@@H]1O. The maximum Gasteiger partial charge on any atom is 0.371 e. The molecule has 15 nitrogen and oxygen atoms in total. The normalized spacial score (nSPS) is 26.3. The number of aliphatic carboxylic acids is 1. The molecule has 0 aromatic heterocycles. The molecule has 15 heteroatoms. The van der Waals surface area contributed by atoms with E-state index in [0.717, 1.165) is 83.2 Å². The number of carboxylic acid groups (broad SMARTS) is 1. The topological polar surface area (TPSA) is 202 Å². The molecule has 0 bridgehead atoms. The molecule has 1 fully saturated rings. The molecule has 6 N–H and O–H groups in total. The minimum absolute atomic E-state index is 0.0928. The van der Waals surface area contributed by atoms with E-state index in [9.17, 15) is 34.8 Å². The molecule has 302 valence electrons. The van der Waals surface area contributed by atoms with Gasteiger partial charge in [0.05, 0.1) is 21.1 Å². The lowest BCUT2D eigenvalue weighted by molar-refractivity contribution is -0.862. The Morgan fingerprint density at radius 1 is 0.731 bits per heavy atom. The Bertz CT molecular complexity index is 1070. The highest BCUT2D eigenvalue weighted by Crippen LogP contribution is 2.30.